The molecule has 0 saturated heterocycles. The van der Waals surface area contributed by atoms with Crippen LogP contribution in [-0.4, -0.2) is 28.2 Å². The van der Waals surface area contributed by atoms with Crippen molar-refractivity contribution in [2.24, 2.45) is 5.73 Å². The number of nitrogens with two attached hydrogens (primary N) is 1. The molecule has 164 valence electrons. The van der Waals surface area contributed by atoms with Gasteiger partial charge < -0.3 is 21.3 Å². The predicted octanol–water partition coefficient (Wildman–Crippen LogP) is 4.19. The molecule has 2 unspecified atom stereocenters. The normalized spacial score (nSPS) is 13.7. The summed E-state index contributed by atoms with van der Waals surface area (Å²) in [6.45, 7) is 6.73. The Bertz CT molecular complexity index is 802. The van der Waals surface area contributed by atoms with Crippen LogP contribution in [0, 0.1) is 0 Å². The molecule has 30 heavy (non-hydrogen) atoms. The number of benzene rings is 2. The van der Waals surface area contributed by atoms with Gasteiger partial charge in [0.1, 0.15) is 5.75 Å². The first-order valence-corrected chi connectivity index (χ1v) is 10.8. The van der Waals surface area contributed by atoms with Gasteiger partial charge in [-0.15, -0.1) is 0 Å². The minimum absolute atomic E-state index is 0.183. The van der Waals surface area contributed by atoms with Crippen LogP contribution in [0.5, 0.6) is 5.75 Å². The number of aliphatic hydroxyl groups is 1. The van der Waals surface area contributed by atoms with Crippen LogP contribution < -0.4 is 11.1 Å². The highest BCUT2D eigenvalue weighted by atomic mass is 16.3. The Kier molecular flexibility index (Phi) is 8.88. The number of carbonyl (C=O) groups excluding carboxylic acids is 1. The number of aliphatic hydroxyl groups excluding tert-OH is 1. The minimum Gasteiger partial charge on any atom is -0.508 e. The Hall–Kier alpha value is -2.37. The molecule has 2 aromatic carbocycles. The number of β-amino-alcohol motifs (C(OH)–C–C–N with tert-alkyl or cyclic N) is 1. The molecular formula is C25H36N2O3. The number of hydrogen-bond donors (Lipinski definition) is 4. The number of phenolic OH excluding ortho intramolecular Hbond substituents is 1. The van der Waals surface area contributed by atoms with E-state index in [1.54, 1.807) is 24.3 Å². The van der Waals surface area contributed by atoms with Gasteiger partial charge in [-0.25, -0.2) is 0 Å². The molecule has 5 heteroatoms. The van der Waals surface area contributed by atoms with Crippen molar-refractivity contribution in [1.29, 1.82) is 0 Å². The number of amides is 1. The lowest BCUT2D eigenvalue weighted by Crippen LogP contribution is -2.43. The summed E-state index contributed by atoms with van der Waals surface area (Å²) in [4.78, 5) is 12.0. The van der Waals surface area contributed by atoms with Gasteiger partial charge in [0.2, 0.25) is 5.91 Å². The molecule has 0 aromatic heterocycles. The minimum atomic E-state index is -0.658. The van der Waals surface area contributed by atoms with Crippen LogP contribution in [0.1, 0.15) is 75.2 Å². The standard InChI is InChI=1S/C25H36N2O3/c1-4-5-6-10-22(24(26)30)20-9-7-8-18(15-20)16-25(2,3)27-17-23(29)19-11-13-21(28)14-12-19/h7-9,11-15,22-23,27-29H,4-6,10,16-17H2,1-3H3,(H2,26,30). The summed E-state index contributed by atoms with van der Waals surface area (Å²) in [6, 6.07) is 14.7. The lowest BCUT2D eigenvalue weighted by Gasteiger charge is -2.28. The van der Waals surface area contributed by atoms with Crippen LogP contribution in [0.2, 0.25) is 0 Å². The molecule has 0 saturated carbocycles. The zero-order valence-corrected chi connectivity index (χ0v) is 18.4. The lowest BCUT2D eigenvalue weighted by molar-refractivity contribution is -0.119. The maximum Gasteiger partial charge on any atom is 0.224 e. The molecule has 0 spiro atoms. The monoisotopic (exact) mass is 412 g/mol. The summed E-state index contributed by atoms with van der Waals surface area (Å²) in [5.41, 5.74) is 8.30. The van der Waals surface area contributed by atoms with Gasteiger partial charge in [-0.1, -0.05) is 62.6 Å². The highest BCUT2D eigenvalue weighted by Gasteiger charge is 2.22. The van der Waals surface area contributed by atoms with Crippen molar-refractivity contribution >= 4 is 5.91 Å². The van der Waals surface area contributed by atoms with Gasteiger partial charge in [-0.2, -0.15) is 0 Å². The molecule has 2 atom stereocenters. The molecule has 0 aliphatic carbocycles. The van der Waals surface area contributed by atoms with E-state index in [1.807, 2.05) is 12.1 Å². The second-order valence-corrected chi connectivity index (χ2v) is 8.74. The summed E-state index contributed by atoms with van der Waals surface area (Å²) in [6.07, 6.45) is 4.09. The topological polar surface area (TPSA) is 95.6 Å². The van der Waals surface area contributed by atoms with Gasteiger partial charge >= 0.3 is 0 Å². The predicted molar refractivity (Wildman–Crippen MR) is 121 cm³/mol. The van der Waals surface area contributed by atoms with Crippen molar-refractivity contribution < 1.29 is 15.0 Å². The third-order valence-corrected chi connectivity index (χ3v) is 5.49. The van der Waals surface area contributed by atoms with Crippen molar-refractivity contribution in [2.75, 3.05) is 6.54 Å². The van der Waals surface area contributed by atoms with Crippen molar-refractivity contribution in [2.45, 2.75) is 70.4 Å². The number of nitrogens with one attached hydrogen (secondary N) is 1. The fourth-order valence-electron chi connectivity index (χ4n) is 3.75. The lowest BCUT2D eigenvalue weighted by atomic mass is 9.88. The van der Waals surface area contributed by atoms with Crippen LogP contribution in [0.25, 0.3) is 0 Å². The summed E-state index contributed by atoms with van der Waals surface area (Å²) in [5, 5.41) is 23.2. The van der Waals surface area contributed by atoms with Gasteiger partial charge in [-0.3, -0.25) is 4.79 Å². The van der Waals surface area contributed by atoms with E-state index in [4.69, 9.17) is 5.73 Å². The van der Waals surface area contributed by atoms with Crippen molar-refractivity contribution in [1.82, 2.24) is 5.32 Å². The van der Waals surface area contributed by atoms with Gasteiger partial charge in [0, 0.05) is 12.1 Å². The summed E-state index contributed by atoms with van der Waals surface area (Å²) >= 11 is 0. The van der Waals surface area contributed by atoms with Gasteiger partial charge in [0.05, 0.1) is 12.0 Å². The van der Waals surface area contributed by atoms with Crippen LogP contribution >= 0.6 is 0 Å². The van der Waals surface area contributed by atoms with E-state index in [9.17, 15) is 15.0 Å². The molecular weight excluding hydrogens is 376 g/mol. The molecule has 0 radical (unpaired) electrons. The van der Waals surface area contributed by atoms with E-state index in [2.05, 4.69) is 38.2 Å². The number of aromatic hydroxyl groups is 1. The van der Waals surface area contributed by atoms with E-state index >= 15 is 0 Å². The number of primary amides is 1. The summed E-state index contributed by atoms with van der Waals surface area (Å²) < 4.78 is 0. The molecule has 0 aliphatic rings. The molecule has 0 aliphatic heterocycles. The smallest absolute Gasteiger partial charge is 0.224 e. The average molecular weight is 413 g/mol. The van der Waals surface area contributed by atoms with E-state index in [-0.39, 0.29) is 23.1 Å². The van der Waals surface area contributed by atoms with E-state index < -0.39 is 6.10 Å². The molecule has 0 bridgehead atoms. The van der Waals surface area contributed by atoms with Crippen LogP contribution in [-0.2, 0) is 11.2 Å². The third-order valence-electron chi connectivity index (χ3n) is 5.49. The van der Waals surface area contributed by atoms with E-state index in [0.29, 0.717) is 6.54 Å². The quantitative estimate of drug-likeness (QED) is 0.393. The molecule has 2 rings (SSSR count). The first-order chi connectivity index (χ1) is 14.2. The van der Waals surface area contributed by atoms with Gasteiger partial charge in [-0.05, 0) is 55.5 Å². The number of unbranched alkanes of at least 4 members (excludes halogenated alkanes) is 2. The average Bonchev–Trinajstić information content (AvgIpc) is 2.69. The first kappa shape index (κ1) is 23.9. The SMILES string of the molecule is CCCCCC(C(N)=O)c1cccc(CC(C)(C)NCC(O)c2ccc(O)cc2)c1. The zero-order valence-electron chi connectivity index (χ0n) is 18.4. The molecule has 0 fully saturated rings. The van der Waals surface area contributed by atoms with Crippen molar-refractivity contribution in [3.63, 3.8) is 0 Å². The second-order valence-electron chi connectivity index (χ2n) is 8.74. The number of phenols is 1. The highest BCUT2D eigenvalue weighted by Crippen LogP contribution is 2.25. The molecule has 5 nitrogen and oxygen atoms in total. The van der Waals surface area contributed by atoms with Gasteiger partial charge in [0.15, 0.2) is 0 Å². The molecule has 5 N–H and O–H groups in total. The number of carbonyl (C=O) groups is 1. The Morgan fingerprint density at radius 3 is 2.43 bits per heavy atom. The second kappa shape index (κ2) is 11.1. The Morgan fingerprint density at radius 2 is 1.80 bits per heavy atom. The maximum atomic E-state index is 12.0. The van der Waals surface area contributed by atoms with Crippen molar-refractivity contribution in [3.05, 3.63) is 65.2 Å². The van der Waals surface area contributed by atoms with Gasteiger partial charge in [0.25, 0.3) is 0 Å². The summed E-state index contributed by atoms with van der Waals surface area (Å²) in [5.74, 6) is -0.329. The van der Waals surface area contributed by atoms with E-state index in [0.717, 1.165) is 48.8 Å². The summed E-state index contributed by atoms with van der Waals surface area (Å²) in [7, 11) is 0. The van der Waals surface area contributed by atoms with Crippen LogP contribution in [0.15, 0.2) is 48.5 Å². The number of hydrogen-bond acceptors (Lipinski definition) is 4. The maximum absolute atomic E-state index is 12.0. The first-order valence-electron chi connectivity index (χ1n) is 10.8. The Balaban J connectivity index is 2.00. The molecule has 0 heterocycles. The molecule has 2 aromatic rings. The largest absolute Gasteiger partial charge is 0.508 e. The van der Waals surface area contributed by atoms with Crippen LogP contribution in [0.3, 0.4) is 0 Å². The fraction of sp³-hybridized carbons (Fsp3) is 0.480. The zero-order chi connectivity index (χ0) is 22.1. The fourth-order valence-corrected chi connectivity index (χ4v) is 3.75. The van der Waals surface area contributed by atoms with Crippen molar-refractivity contribution in [3.8, 4) is 5.75 Å². The number of rotatable bonds is 12. The Labute approximate surface area is 180 Å². The highest BCUT2D eigenvalue weighted by molar-refractivity contribution is 5.81. The Morgan fingerprint density at radius 1 is 1.10 bits per heavy atom. The van der Waals surface area contributed by atoms with Crippen LogP contribution in [0.4, 0.5) is 0 Å². The third kappa shape index (κ3) is 7.47. The molecule has 1 amide bonds. The van der Waals surface area contributed by atoms with E-state index in [1.165, 1.54) is 0 Å².